The predicted octanol–water partition coefficient (Wildman–Crippen LogP) is 4.65. The number of hydrogen-bond acceptors (Lipinski definition) is 7. The van der Waals surface area contributed by atoms with Crippen molar-refractivity contribution in [3.63, 3.8) is 0 Å². The lowest BCUT2D eigenvalue weighted by Gasteiger charge is -2.32. The summed E-state index contributed by atoms with van der Waals surface area (Å²) in [4.78, 5) is 26.8. The van der Waals surface area contributed by atoms with E-state index in [1.54, 1.807) is 23.2 Å². The number of benzene rings is 2. The van der Waals surface area contributed by atoms with E-state index in [1.807, 2.05) is 56.3 Å². The van der Waals surface area contributed by atoms with E-state index >= 15 is 0 Å². The molecule has 0 atom stereocenters. The molecule has 2 aromatic rings. The lowest BCUT2D eigenvalue weighted by molar-refractivity contribution is -0.126. The highest BCUT2D eigenvalue weighted by atomic mass is 32.2. The number of likely N-dealkylation sites (N-methyl/N-ethyl adjacent to an activating group) is 1. The van der Waals surface area contributed by atoms with E-state index in [0.717, 1.165) is 17.4 Å². The lowest BCUT2D eigenvalue weighted by atomic mass is 9.88. The quantitative estimate of drug-likeness (QED) is 0.272. The van der Waals surface area contributed by atoms with E-state index in [1.165, 1.54) is 16.4 Å². The fourth-order valence-corrected chi connectivity index (χ4v) is 6.46. The number of allylic oxidation sites excluding steroid dienone is 3. The van der Waals surface area contributed by atoms with Crippen LogP contribution >= 0.6 is 0 Å². The van der Waals surface area contributed by atoms with Crippen LogP contribution in [0.4, 0.5) is 10.5 Å². The highest BCUT2D eigenvalue weighted by Gasteiger charge is 2.31. The molecule has 0 aromatic heterocycles. The van der Waals surface area contributed by atoms with Crippen LogP contribution in [-0.2, 0) is 26.2 Å². The van der Waals surface area contributed by atoms with Crippen molar-refractivity contribution in [1.82, 2.24) is 14.5 Å². The maximum absolute atomic E-state index is 13.3. The Kier molecular flexibility index (Phi) is 10.3. The molecular weight excluding hydrogens is 554 g/mol. The van der Waals surface area contributed by atoms with E-state index in [4.69, 9.17) is 10.1 Å². The first-order valence-electron chi connectivity index (χ1n) is 14.0. The molecule has 0 unspecified atom stereocenters. The van der Waals surface area contributed by atoms with E-state index in [0.29, 0.717) is 56.0 Å². The minimum atomic E-state index is -3.71. The number of rotatable bonds is 10. The highest BCUT2D eigenvalue weighted by Crippen LogP contribution is 2.31. The minimum Gasteiger partial charge on any atom is -0.444 e. The van der Waals surface area contributed by atoms with Crippen LogP contribution in [0.5, 0.6) is 0 Å². The molecule has 0 bridgehead atoms. The average molecular weight is 592 g/mol. The van der Waals surface area contributed by atoms with Gasteiger partial charge in [0.05, 0.1) is 16.2 Å². The van der Waals surface area contributed by atoms with Gasteiger partial charge < -0.3 is 20.4 Å². The van der Waals surface area contributed by atoms with Gasteiger partial charge in [0.25, 0.3) is 5.91 Å². The van der Waals surface area contributed by atoms with Crippen molar-refractivity contribution in [2.45, 2.75) is 38.2 Å². The molecule has 0 radical (unpaired) electrons. The van der Waals surface area contributed by atoms with Crippen molar-refractivity contribution in [3.8, 4) is 0 Å². The molecule has 0 saturated carbocycles. The van der Waals surface area contributed by atoms with Gasteiger partial charge in [0, 0.05) is 44.3 Å². The number of dihydropyridines is 1. The van der Waals surface area contributed by atoms with Gasteiger partial charge in [-0.1, -0.05) is 30.3 Å². The standard InChI is InChI=1S/C31H37N5O5S/c1-3-35(4-2)30(37)28(21-32)29-20-25(14-17-33-29)24-15-18-36(19-16-24)42(39,40)27-12-10-26(11-13-27)34-31(38)41-22-23-8-6-5-7-9-23/h5-14,17,20-21,24,32-33H,3-4,15-16,18-19,22H2,1-2H3,(H,34,38)/b29-28+,32-21?. The largest absolute Gasteiger partial charge is 0.444 e. The third-order valence-corrected chi connectivity index (χ3v) is 9.33. The van der Waals surface area contributed by atoms with Crippen LogP contribution in [0.2, 0.25) is 0 Å². The number of nitrogens with one attached hydrogen (secondary N) is 3. The number of ether oxygens (including phenoxy) is 1. The van der Waals surface area contributed by atoms with Crippen molar-refractivity contribution in [2.24, 2.45) is 5.92 Å². The first-order chi connectivity index (χ1) is 20.3. The molecule has 2 aliphatic rings. The molecule has 222 valence electrons. The average Bonchev–Trinajstić information content (AvgIpc) is 3.02. The molecule has 42 heavy (non-hydrogen) atoms. The van der Waals surface area contributed by atoms with Gasteiger partial charge in [-0.3, -0.25) is 10.1 Å². The number of hydrogen-bond donors (Lipinski definition) is 3. The molecule has 2 amide bonds. The van der Waals surface area contributed by atoms with Crippen molar-refractivity contribution >= 4 is 33.9 Å². The summed E-state index contributed by atoms with van der Waals surface area (Å²) >= 11 is 0. The van der Waals surface area contributed by atoms with Crippen molar-refractivity contribution in [3.05, 3.63) is 95.4 Å². The maximum atomic E-state index is 13.3. The summed E-state index contributed by atoms with van der Waals surface area (Å²) in [6.07, 6.45) is 7.31. The van der Waals surface area contributed by atoms with Gasteiger partial charge >= 0.3 is 6.09 Å². The molecule has 11 heteroatoms. The van der Waals surface area contributed by atoms with Crippen LogP contribution in [0.15, 0.2) is 94.7 Å². The summed E-state index contributed by atoms with van der Waals surface area (Å²) in [6, 6.07) is 15.4. The third kappa shape index (κ3) is 7.34. The second-order valence-corrected chi connectivity index (χ2v) is 11.9. The molecule has 10 nitrogen and oxygen atoms in total. The Balaban J connectivity index is 1.36. The van der Waals surface area contributed by atoms with E-state index in [9.17, 15) is 18.0 Å². The summed E-state index contributed by atoms with van der Waals surface area (Å²) in [6.45, 7) is 5.76. The molecule has 2 aromatic carbocycles. The molecule has 0 aliphatic carbocycles. The second kappa shape index (κ2) is 14.1. The van der Waals surface area contributed by atoms with Crippen molar-refractivity contribution in [2.75, 3.05) is 31.5 Å². The number of piperidine rings is 1. The van der Waals surface area contributed by atoms with Crippen LogP contribution in [-0.4, -0.2) is 62.0 Å². The van der Waals surface area contributed by atoms with E-state index in [2.05, 4.69) is 10.6 Å². The summed E-state index contributed by atoms with van der Waals surface area (Å²) < 4.78 is 33.4. The van der Waals surface area contributed by atoms with Gasteiger partial charge in [-0.15, -0.1) is 0 Å². The third-order valence-electron chi connectivity index (χ3n) is 7.42. The smallest absolute Gasteiger partial charge is 0.411 e. The van der Waals surface area contributed by atoms with Crippen LogP contribution in [0.1, 0.15) is 32.3 Å². The molecule has 3 N–H and O–H groups in total. The molecule has 2 heterocycles. The minimum absolute atomic E-state index is 0.119. The molecule has 1 saturated heterocycles. The van der Waals surface area contributed by atoms with Crippen LogP contribution in [0, 0.1) is 11.3 Å². The summed E-state index contributed by atoms with van der Waals surface area (Å²) in [5.41, 5.74) is 3.17. The number of amides is 2. The Labute approximate surface area is 247 Å². The van der Waals surface area contributed by atoms with Gasteiger partial charge in [0.1, 0.15) is 6.61 Å². The fraction of sp³-hybridized carbons (Fsp3) is 0.323. The molecule has 2 aliphatic heterocycles. The Morgan fingerprint density at radius 2 is 1.74 bits per heavy atom. The van der Waals surface area contributed by atoms with Gasteiger partial charge in [0.2, 0.25) is 10.0 Å². The molecule has 0 spiro atoms. The normalized spacial score (nSPS) is 17.0. The molecular formula is C31H37N5O5S. The van der Waals surface area contributed by atoms with Gasteiger partial charge in [-0.25, -0.2) is 13.2 Å². The first-order valence-corrected chi connectivity index (χ1v) is 15.5. The van der Waals surface area contributed by atoms with E-state index < -0.39 is 16.1 Å². The first kappa shape index (κ1) is 30.7. The van der Waals surface area contributed by atoms with E-state index in [-0.39, 0.29) is 23.3 Å². The monoisotopic (exact) mass is 591 g/mol. The Morgan fingerprint density at radius 3 is 2.36 bits per heavy atom. The zero-order valence-corrected chi connectivity index (χ0v) is 24.7. The summed E-state index contributed by atoms with van der Waals surface area (Å²) in [7, 11) is -3.71. The summed E-state index contributed by atoms with van der Waals surface area (Å²) in [5.74, 6) is -0.0802. The Bertz CT molecular complexity index is 1470. The van der Waals surface area contributed by atoms with Gasteiger partial charge in [0.15, 0.2) is 0 Å². The Morgan fingerprint density at radius 1 is 1.07 bits per heavy atom. The van der Waals surface area contributed by atoms with Crippen LogP contribution in [0.25, 0.3) is 0 Å². The number of carbonyl (C=O) groups is 2. The number of carbonyl (C=O) groups excluding carboxylic acids is 2. The highest BCUT2D eigenvalue weighted by molar-refractivity contribution is 7.89. The zero-order valence-electron chi connectivity index (χ0n) is 23.9. The second-order valence-electron chi connectivity index (χ2n) is 9.96. The van der Waals surface area contributed by atoms with Crippen LogP contribution < -0.4 is 10.6 Å². The molecule has 4 rings (SSSR count). The Hall–Kier alpha value is -4.22. The SMILES string of the molecule is CCN(CC)C(=O)/C(C=N)=C1\C=C(C2CCN(S(=O)(=O)c3ccc(NC(=O)OCc4ccccc4)cc3)CC2)C=CN1. The predicted molar refractivity (Wildman–Crippen MR) is 162 cm³/mol. The zero-order chi connectivity index (χ0) is 30.1. The maximum Gasteiger partial charge on any atom is 0.411 e. The number of nitrogens with zero attached hydrogens (tertiary/aromatic N) is 2. The molecule has 1 fully saturated rings. The van der Waals surface area contributed by atoms with Crippen molar-refractivity contribution in [1.29, 1.82) is 5.41 Å². The number of anilines is 1. The van der Waals surface area contributed by atoms with Gasteiger partial charge in [-0.05, 0) is 80.2 Å². The van der Waals surface area contributed by atoms with Gasteiger partial charge in [-0.2, -0.15) is 4.31 Å². The van der Waals surface area contributed by atoms with Crippen molar-refractivity contribution < 1.29 is 22.7 Å². The fourth-order valence-electron chi connectivity index (χ4n) is 5.00. The van der Waals surface area contributed by atoms with Crippen LogP contribution in [0.3, 0.4) is 0 Å². The number of sulfonamides is 1. The topological polar surface area (TPSA) is 132 Å². The lowest BCUT2D eigenvalue weighted by Crippen LogP contribution is -2.39. The summed E-state index contributed by atoms with van der Waals surface area (Å²) in [5, 5.41) is 13.5.